The summed E-state index contributed by atoms with van der Waals surface area (Å²) in [6, 6.07) is 8.22. The minimum atomic E-state index is -0.364. The monoisotopic (exact) mass is 352 g/mol. The van der Waals surface area contributed by atoms with E-state index in [4.69, 9.17) is 0 Å². The van der Waals surface area contributed by atoms with E-state index in [0.717, 1.165) is 50.0 Å². The van der Waals surface area contributed by atoms with E-state index in [2.05, 4.69) is 5.10 Å². The summed E-state index contributed by atoms with van der Waals surface area (Å²) in [6.07, 6.45) is 4.70. The number of carbonyl (C=O) groups is 1. The maximum absolute atomic E-state index is 13.1. The Bertz CT molecular complexity index is 911. The van der Waals surface area contributed by atoms with Gasteiger partial charge in [0, 0.05) is 19.0 Å². The van der Waals surface area contributed by atoms with Gasteiger partial charge >= 0.3 is 5.69 Å². The largest absolute Gasteiger partial charge is 0.346 e. The lowest BCUT2D eigenvalue weighted by Crippen LogP contribution is -2.42. The van der Waals surface area contributed by atoms with E-state index >= 15 is 0 Å². The molecule has 5 rings (SSSR count). The van der Waals surface area contributed by atoms with E-state index in [9.17, 15) is 9.59 Å². The third-order valence-electron chi connectivity index (χ3n) is 6.18. The van der Waals surface area contributed by atoms with Crippen LogP contribution < -0.4 is 5.69 Å². The summed E-state index contributed by atoms with van der Waals surface area (Å²) in [5.74, 6) is 1.61. The van der Waals surface area contributed by atoms with Gasteiger partial charge in [-0.25, -0.2) is 9.48 Å². The number of likely N-dealkylation sites (tertiary alicyclic amines) is 1. The van der Waals surface area contributed by atoms with Crippen molar-refractivity contribution in [2.45, 2.75) is 57.7 Å². The number of fused-ring (bicyclic) bond motifs is 2. The molecule has 3 atom stereocenters. The van der Waals surface area contributed by atoms with Gasteiger partial charge in [0.2, 0.25) is 5.91 Å². The summed E-state index contributed by atoms with van der Waals surface area (Å²) >= 11 is 0. The zero-order valence-corrected chi connectivity index (χ0v) is 15.1. The van der Waals surface area contributed by atoms with Gasteiger partial charge in [0.05, 0.1) is 6.54 Å². The highest BCUT2D eigenvalue weighted by atomic mass is 16.2. The molecule has 1 aliphatic carbocycles. The average molecular weight is 352 g/mol. The maximum atomic E-state index is 13.1. The number of carbonyl (C=O) groups excluding carboxylic acids is 1. The molecule has 6 nitrogen and oxygen atoms in total. The summed E-state index contributed by atoms with van der Waals surface area (Å²) in [7, 11) is 0. The van der Waals surface area contributed by atoms with E-state index in [0.29, 0.717) is 18.5 Å². The van der Waals surface area contributed by atoms with Crippen molar-refractivity contribution in [3.05, 3.63) is 51.7 Å². The van der Waals surface area contributed by atoms with Crippen LogP contribution >= 0.6 is 0 Å². The molecular formula is C20H24N4O2. The van der Waals surface area contributed by atoms with Crippen molar-refractivity contribution in [1.29, 1.82) is 0 Å². The Kier molecular flexibility index (Phi) is 3.55. The average Bonchev–Trinajstić information content (AvgIpc) is 3.19. The van der Waals surface area contributed by atoms with Crippen LogP contribution in [0.1, 0.15) is 48.7 Å². The van der Waals surface area contributed by atoms with E-state index in [-0.39, 0.29) is 17.6 Å². The maximum Gasteiger partial charge on any atom is 0.346 e. The lowest BCUT2D eigenvalue weighted by atomic mass is 10.0. The number of hydrogen-bond acceptors (Lipinski definition) is 3. The van der Waals surface area contributed by atoms with Gasteiger partial charge in [-0.15, -0.1) is 0 Å². The van der Waals surface area contributed by atoms with E-state index < -0.39 is 0 Å². The lowest BCUT2D eigenvalue weighted by Gasteiger charge is -2.28. The van der Waals surface area contributed by atoms with Crippen molar-refractivity contribution < 1.29 is 4.79 Å². The van der Waals surface area contributed by atoms with Crippen molar-refractivity contribution in [2.75, 3.05) is 6.54 Å². The first-order valence-electron chi connectivity index (χ1n) is 9.66. The van der Waals surface area contributed by atoms with Gasteiger partial charge in [-0.05, 0) is 44.1 Å². The summed E-state index contributed by atoms with van der Waals surface area (Å²) in [5, 5.41) is 4.55. The van der Waals surface area contributed by atoms with Crippen molar-refractivity contribution in [3.8, 4) is 0 Å². The molecular weight excluding hydrogens is 328 g/mol. The van der Waals surface area contributed by atoms with Crippen LogP contribution in [-0.2, 0) is 17.8 Å². The van der Waals surface area contributed by atoms with Crippen LogP contribution in [0.25, 0.3) is 0 Å². The molecule has 0 bridgehead atoms. The number of aromatic nitrogens is 3. The third kappa shape index (κ3) is 2.50. The zero-order valence-electron chi connectivity index (χ0n) is 15.1. The molecule has 1 aromatic carbocycles. The van der Waals surface area contributed by atoms with Crippen molar-refractivity contribution in [3.63, 3.8) is 0 Å². The molecule has 0 radical (unpaired) electrons. The third-order valence-corrected chi connectivity index (χ3v) is 6.18. The molecule has 0 N–H and O–H groups in total. The van der Waals surface area contributed by atoms with Crippen LogP contribution in [0.2, 0.25) is 0 Å². The molecule has 6 heteroatoms. The summed E-state index contributed by atoms with van der Waals surface area (Å²) in [5.41, 5.74) is 2.10. The number of rotatable bonds is 3. The Labute approximate surface area is 152 Å². The molecule has 2 aromatic rings. The van der Waals surface area contributed by atoms with Gasteiger partial charge in [0.1, 0.15) is 11.9 Å². The number of hydrogen-bond donors (Lipinski definition) is 0. The Balaban J connectivity index is 1.44. The first-order chi connectivity index (χ1) is 12.6. The van der Waals surface area contributed by atoms with Gasteiger partial charge in [0.15, 0.2) is 0 Å². The lowest BCUT2D eigenvalue weighted by molar-refractivity contribution is -0.135. The van der Waals surface area contributed by atoms with Gasteiger partial charge < -0.3 is 4.90 Å². The molecule has 2 aliphatic heterocycles. The van der Waals surface area contributed by atoms with Gasteiger partial charge in [-0.1, -0.05) is 29.8 Å². The van der Waals surface area contributed by atoms with Gasteiger partial charge in [-0.3, -0.25) is 9.36 Å². The van der Waals surface area contributed by atoms with Crippen LogP contribution in [0.3, 0.4) is 0 Å². The Morgan fingerprint density at radius 3 is 2.73 bits per heavy atom. The Morgan fingerprint density at radius 2 is 2.04 bits per heavy atom. The van der Waals surface area contributed by atoms with E-state index in [1.807, 2.05) is 36.1 Å². The van der Waals surface area contributed by atoms with Crippen LogP contribution in [0.5, 0.6) is 0 Å². The van der Waals surface area contributed by atoms with Crippen molar-refractivity contribution in [1.82, 2.24) is 19.2 Å². The minimum absolute atomic E-state index is 0.132. The molecule has 1 amide bonds. The molecule has 2 fully saturated rings. The fourth-order valence-electron chi connectivity index (χ4n) is 4.59. The molecule has 26 heavy (non-hydrogen) atoms. The van der Waals surface area contributed by atoms with E-state index in [1.54, 1.807) is 4.57 Å². The molecule has 3 aliphatic rings. The zero-order chi connectivity index (χ0) is 17.8. The topological polar surface area (TPSA) is 60.1 Å². The Hall–Kier alpha value is -2.37. The molecule has 1 saturated carbocycles. The molecule has 1 saturated heterocycles. The SMILES string of the molecule is Cc1ccc(Cn2nc3n(c2=O)[C@H](C(=O)N2CC[C@H]4C[C@H]42)CCC3)cc1. The molecule has 1 aromatic heterocycles. The van der Waals surface area contributed by atoms with Gasteiger partial charge in [0.25, 0.3) is 0 Å². The predicted molar refractivity (Wildman–Crippen MR) is 97.0 cm³/mol. The molecule has 3 heterocycles. The highest BCUT2D eigenvalue weighted by Crippen LogP contribution is 2.45. The fraction of sp³-hybridized carbons (Fsp3) is 0.550. The number of piperidine rings is 1. The summed E-state index contributed by atoms with van der Waals surface area (Å²) < 4.78 is 3.20. The fourth-order valence-corrected chi connectivity index (χ4v) is 4.59. The standard InChI is InChI=1S/C20H24N4O2/c1-13-5-7-14(8-6-13)12-23-20(26)24-16(3-2-4-18(24)21-23)19(25)22-10-9-15-11-17(15)22/h5-8,15-17H,2-4,9-12H2,1H3/t15-,16-,17+/m0/s1. The van der Waals surface area contributed by atoms with E-state index in [1.165, 1.54) is 10.2 Å². The van der Waals surface area contributed by atoms with Crippen LogP contribution in [-0.4, -0.2) is 37.7 Å². The first-order valence-corrected chi connectivity index (χ1v) is 9.66. The van der Waals surface area contributed by atoms with Crippen LogP contribution in [0.4, 0.5) is 0 Å². The summed E-state index contributed by atoms with van der Waals surface area (Å²) in [6.45, 7) is 3.35. The molecule has 0 unspecified atom stereocenters. The second-order valence-electron chi connectivity index (χ2n) is 8.00. The van der Waals surface area contributed by atoms with Gasteiger partial charge in [-0.2, -0.15) is 5.10 Å². The highest BCUT2D eigenvalue weighted by molar-refractivity contribution is 5.81. The van der Waals surface area contributed by atoms with Crippen LogP contribution in [0, 0.1) is 12.8 Å². The van der Waals surface area contributed by atoms with Crippen molar-refractivity contribution >= 4 is 5.91 Å². The smallest absolute Gasteiger partial charge is 0.338 e. The summed E-state index contributed by atoms with van der Waals surface area (Å²) in [4.78, 5) is 28.1. The predicted octanol–water partition coefficient (Wildman–Crippen LogP) is 1.90. The number of amides is 1. The number of aryl methyl sites for hydroxylation is 2. The Morgan fingerprint density at radius 1 is 1.23 bits per heavy atom. The normalized spacial score (nSPS) is 26.5. The quantitative estimate of drug-likeness (QED) is 0.848. The minimum Gasteiger partial charge on any atom is -0.338 e. The van der Waals surface area contributed by atoms with Crippen molar-refractivity contribution in [2.24, 2.45) is 5.92 Å². The number of nitrogens with zero attached hydrogens (tertiary/aromatic N) is 4. The second kappa shape index (κ2) is 5.83. The second-order valence-corrected chi connectivity index (χ2v) is 8.00. The number of benzene rings is 1. The van der Waals surface area contributed by atoms with Crippen LogP contribution in [0.15, 0.2) is 29.1 Å². The first kappa shape index (κ1) is 15.9. The molecule has 0 spiro atoms. The molecule has 136 valence electrons. The highest BCUT2D eigenvalue weighted by Gasteiger charge is 2.50.